The molecule has 0 spiro atoms. The lowest BCUT2D eigenvalue weighted by Crippen LogP contribution is -2.58. The van der Waals surface area contributed by atoms with Gasteiger partial charge in [-0.15, -0.1) is 5.10 Å². The summed E-state index contributed by atoms with van der Waals surface area (Å²) in [4.78, 5) is 19.2. The van der Waals surface area contributed by atoms with Gasteiger partial charge >= 0.3 is 0 Å². The van der Waals surface area contributed by atoms with Crippen molar-refractivity contribution in [2.75, 3.05) is 19.7 Å². The Morgan fingerprint density at radius 2 is 2.33 bits per heavy atom. The fourth-order valence-corrected chi connectivity index (χ4v) is 4.32. The van der Waals surface area contributed by atoms with Gasteiger partial charge in [-0.3, -0.25) is 19.4 Å². The monoisotopic (exact) mass is 370 g/mol. The maximum absolute atomic E-state index is 12.7. The van der Waals surface area contributed by atoms with Gasteiger partial charge in [-0.25, -0.2) is 0 Å². The van der Waals surface area contributed by atoms with E-state index in [9.17, 15) is 4.79 Å². The summed E-state index contributed by atoms with van der Waals surface area (Å²) >= 11 is 0. The van der Waals surface area contributed by atoms with E-state index in [2.05, 4.69) is 25.5 Å². The Morgan fingerprint density at radius 1 is 1.41 bits per heavy atom. The van der Waals surface area contributed by atoms with Crippen LogP contribution in [-0.4, -0.2) is 61.6 Å². The number of amides is 1. The average Bonchev–Trinajstić information content (AvgIpc) is 3.14. The average molecular weight is 370 g/mol. The molecule has 2 aromatic heterocycles. The Labute approximate surface area is 158 Å². The standard InChI is InChI=1S/C19H26N6O2/c26-7-4-16-11-25(23-22-16)12-17-8-15-3-6-24(17)13-18(15)19(27)21-10-14-2-1-5-20-9-14/h1-2,5,9,11,15,17-18,26H,3-4,6-8,10,12-13H2,(H,21,27)/t15-,17-,18+/m1/s1. The van der Waals surface area contributed by atoms with E-state index in [0.717, 1.165) is 43.7 Å². The summed E-state index contributed by atoms with van der Waals surface area (Å²) in [6.45, 7) is 3.27. The second-order valence-corrected chi connectivity index (χ2v) is 7.52. The third-order valence-electron chi connectivity index (χ3n) is 5.76. The van der Waals surface area contributed by atoms with E-state index >= 15 is 0 Å². The van der Waals surface area contributed by atoms with Gasteiger partial charge in [0, 0.05) is 50.7 Å². The Hall–Kier alpha value is -2.32. The van der Waals surface area contributed by atoms with Crippen LogP contribution in [-0.2, 0) is 24.3 Å². The van der Waals surface area contributed by atoms with Crippen molar-refractivity contribution in [2.24, 2.45) is 11.8 Å². The number of rotatable bonds is 7. The van der Waals surface area contributed by atoms with Crippen LogP contribution in [0, 0.1) is 11.8 Å². The zero-order valence-electron chi connectivity index (χ0n) is 15.4. The van der Waals surface area contributed by atoms with E-state index in [-0.39, 0.29) is 18.4 Å². The van der Waals surface area contributed by atoms with Gasteiger partial charge in [-0.1, -0.05) is 11.3 Å². The molecule has 1 unspecified atom stereocenters. The number of aliphatic hydroxyl groups is 1. The quantitative estimate of drug-likeness (QED) is 0.725. The van der Waals surface area contributed by atoms with Crippen molar-refractivity contribution in [3.63, 3.8) is 0 Å². The van der Waals surface area contributed by atoms with Crippen LogP contribution in [0.2, 0.25) is 0 Å². The van der Waals surface area contributed by atoms with Gasteiger partial charge in [-0.05, 0) is 36.9 Å². The van der Waals surface area contributed by atoms with Crippen molar-refractivity contribution in [1.29, 1.82) is 0 Å². The number of nitrogens with one attached hydrogen (secondary N) is 1. The molecule has 0 saturated carbocycles. The summed E-state index contributed by atoms with van der Waals surface area (Å²) in [6.07, 6.45) is 8.07. The molecular weight excluding hydrogens is 344 g/mol. The summed E-state index contributed by atoms with van der Waals surface area (Å²) in [5, 5.41) is 20.4. The molecule has 4 atom stereocenters. The first-order valence-corrected chi connectivity index (χ1v) is 9.63. The van der Waals surface area contributed by atoms with Crippen LogP contribution in [0.5, 0.6) is 0 Å². The highest BCUT2D eigenvalue weighted by Crippen LogP contribution is 2.36. The highest BCUT2D eigenvalue weighted by atomic mass is 16.3. The molecule has 27 heavy (non-hydrogen) atoms. The topological polar surface area (TPSA) is 96.2 Å². The molecule has 2 N–H and O–H groups in total. The van der Waals surface area contributed by atoms with E-state index in [4.69, 9.17) is 5.11 Å². The maximum atomic E-state index is 12.7. The third-order valence-corrected chi connectivity index (χ3v) is 5.76. The predicted molar refractivity (Wildman–Crippen MR) is 98.5 cm³/mol. The first-order chi connectivity index (χ1) is 13.2. The lowest BCUT2D eigenvalue weighted by molar-refractivity contribution is -0.133. The molecule has 0 radical (unpaired) electrons. The van der Waals surface area contributed by atoms with Gasteiger partial charge < -0.3 is 10.4 Å². The lowest BCUT2D eigenvalue weighted by atomic mass is 9.75. The Bertz CT molecular complexity index is 765. The number of piperidine rings is 3. The third kappa shape index (κ3) is 4.17. The van der Waals surface area contributed by atoms with Gasteiger partial charge in [0.05, 0.1) is 18.2 Å². The SMILES string of the molecule is O=C(NCc1cccnc1)[C@H]1CN2CC[C@@H]1C[C@@H]2Cn1cc(CCO)nn1. The van der Waals surface area contributed by atoms with E-state index in [1.165, 1.54) is 0 Å². The molecule has 3 fully saturated rings. The van der Waals surface area contributed by atoms with Crippen molar-refractivity contribution >= 4 is 5.91 Å². The van der Waals surface area contributed by atoms with Crippen LogP contribution in [0.3, 0.4) is 0 Å². The molecule has 2 bridgehead atoms. The second-order valence-electron chi connectivity index (χ2n) is 7.52. The number of carbonyl (C=O) groups excluding carboxylic acids is 1. The smallest absolute Gasteiger partial charge is 0.224 e. The molecule has 0 aromatic carbocycles. The molecule has 5 rings (SSSR count). The molecule has 1 amide bonds. The van der Waals surface area contributed by atoms with Gasteiger partial charge in [-0.2, -0.15) is 0 Å². The minimum absolute atomic E-state index is 0.0624. The first kappa shape index (κ1) is 18.1. The number of pyridine rings is 1. The van der Waals surface area contributed by atoms with Crippen LogP contribution in [0.25, 0.3) is 0 Å². The molecule has 3 aliphatic rings. The molecule has 2 aromatic rings. The number of carbonyl (C=O) groups is 1. The normalized spacial score (nSPS) is 26.9. The van der Waals surface area contributed by atoms with Crippen LogP contribution >= 0.6 is 0 Å². The highest BCUT2D eigenvalue weighted by Gasteiger charge is 2.43. The number of nitrogens with zero attached hydrogens (tertiary/aromatic N) is 5. The zero-order valence-corrected chi connectivity index (χ0v) is 15.4. The fraction of sp³-hybridized carbons (Fsp3) is 0.579. The molecule has 0 aliphatic carbocycles. The summed E-state index contributed by atoms with van der Waals surface area (Å²) in [5.74, 6) is 0.639. The van der Waals surface area contributed by atoms with Gasteiger partial charge in [0.2, 0.25) is 5.91 Å². The Kier molecular flexibility index (Phi) is 5.45. The molecule has 5 heterocycles. The molecule has 8 heteroatoms. The number of fused-ring (bicyclic) bond motifs is 3. The predicted octanol–water partition coefficient (Wildman–Crippen LogP) is 0.235. The van der Waals surface area contributed by atoms with Gasteiger partial charge in [0.15, 0.2) is 0 Å². The number of aliphatic hydroxyl groups excluding tert-OH is 1. The van der Waals surface area contributed by atoms with Crippen molar-refractivity contribution in [1.82, 2.24) is 30.2 Å². The second kappa shape index (κ2) is 8.14. The van der Waals surface area contributed by atoms with Gasteiger partial charge in [0.25, 0.3) is 0 Å². The summed E-state index contributed by atoms with van der Waals surface area (Å²) < 4.78 is 1.87. The summed E-state index contributed by atoms with van der Waals surface area (Å²) in [7, 11) is 0. The van der Waals surface area contributed by atoms with E-state index < -0.39 is 0 Å². The van der Waals surface area contributed by atoms with Crippen LogP contribution < -0.4 is 5.32 Å². The molecular formula is C19H26N6O2. The lowest BCUT2D eigenvalue weighted by Gasteiger charge is -2.49. The van der Waals surface area contributed by atoms with Crippen LogP contribution in [0.1, 0.15) is 24.1 Å². The number of aromatic nitrogens is 4. The molecule has 144 valence electrons. The largest absolute Gasteiger partial charge is 0.396 e. The summed E-state index contributed by atoms with van der Waals surface area (Å²) in [6, 6.07) is 4.26. The number of hydrogen-bond acceptors (Lipinski definition) is 6. The zero-order chi connectivity index (χ0) is 18.6. The fourth-order valence-electron chi connectivity index (χ4n) is 4.32. The van der Waals surface area contributed by atoms with E-state index in [1.54, 1.807) is 12.4 Å². The Balaban J connectivity index is 1.32. The van der Waals surface area contributed by atoms with E-state index in [0.29, 0.717) is 24.9 Å². The number of hydrogen-bond donors (Lipinski definition) is 2. The van der Waals surface area contributed by atoms with Crippen molar-refractivity contribution < 1.29 is 9.90 Å². The Morgan fingerprint density at radius 3 is 3.07 bits per heavy atom. The van der Waals surface area contributed by atoms with Crippen molar-refractivity contribution in [3.05, 3.63) is 42.0 Å². The minimum atomic E-state index is 0.0624. The van der Waals surface area contributed by atoms with Crippen molar-refractivity contribution in [3.8, 4) is 0 Å². The van der Waals surface area contributed by atoms with Crippen LogP contribution in [0.15, 0.2) is 30.7 Å². The maximum Gasteiger partial charge on any atom is 0.224 e. The van der Waals surface area contributed by atoms with Gasteiger partial charge in [0.1, 0.15) is 0 Å². The van der Waals surface area contributed by atoms with Crippen LogP contribution in [0.4, 0.5) is 0 Å². The highest BCUT2D eigenvalue weighted by molar-refractivity contribution is 5.79. The molecule has 8 nitrogen and oxygen atoms in total. The van der Waals surface area contributed by atoms with E-state index in [1.807, 2.05) is 23.0 Å². The van der Waals surface area contributed by atoms with Crippen molar-refractivity contribution in [2.45, 2.75) is 38.4 Å². The molecule has 3 saturated heterocycles. The first-order valence-electron chi connectivity index (χ1n) is 9.63. The summed E-state index contributed by atoms with van der Waals surface area (Å²) in [5.41, 5.74) is 1.84. The minimum Gasteiger partial charge on any atom is -0.396 e. The molecule has 3 aliphatic heterocycles.